The zero-order valence-electron chi connectivity index (χ0n) is 11.3. The summed E-state index contributed by atoms with van der Waals surface area (Å²) in [5.41, 5.74) is -0.864. The molecule has 0 saturated carbocycles. The van der Waals surface area contributed by atoms with E-state index < -0.39 is 17.6 Å². The highest BCUT2D eigenvalue weighted by molar-refractivity contribution is 5.27. The lowest BCUT2D eigenvalue weighted by atomic mass is 10.1. The summed E-state index contributed by atoms with van der Waals surface area (Å²) in [6.07, 6.45) is -2.51. The van der Waals surface area contributed by atoms with Gasteiger partial charge in [0.2, 0.25) is 0 Å². The third kappa shape index (κ3) is 4.01. The summed E-state index contributed by atoms with van der Waals surface area (Å²) in [6, 6.07) is 2.99. The Labute approximate surface area is 118 Å². The molecule has 1 heterocycles. The first kappa shape index (κ1) is 15.4. The molecule has 4 nitrogen and oxygen atoms in total. The second-order valence-electron chi connectivity index (χ2n) is 4.60. The monoisotopic (exact) mass is 302 g/mol. The molecule has 0 atom stereocenters. The molecule has 0 aliphatic rings. The Bertz CT molecular complexity index is 606. The van der Waals surface area contributed by atoms with Crippen molar-refractivity contribution in [3.8, 4) is 0 Å². The molecular formula is C13H14F4N4. The maximum Gasteiger partial charge on any atom is 0.419 e. The molecule has 0 unspecified atom stereocenters. The molecule has 2 rings (SSSR count). The van der Waals surface area contributed by atoms with Gasteiger partial charge >= 0.3 is 6.18 Å². The van der Waals surface area contributed by atoms with Crippen LogP contribution in [0.1, 0.15) is 17.0 Å². The van der Waals surface area contributed by atoms with Crippen molar-refractivity contribution < 1.29 is 17.6 Å². The summed E-state index contributed by atoms with van der Waals surface area (Å²) < 4.78 is 52.6. The van der Waals surface area contributed by atoms with E-state index in [9.17, 15) is 17.6 Å². The van der Waals surface area contributed by atoms with E-state index in [1.54, 1.807) is 10.9 Å². The number of halogens is 4. The Hall–Kier alpha value is -1.96. The molecule has 1 aromatic carbocycles. The Morgan fingerprint density at radius 3 is 2.67 bits per heavy atom. The second kappa shape index (κ2) is 6.21. The van der Waals surface area contributed by atoms with Crippen LogP contribution in [0.3, 0.4) is 0 Å². The zero-order valence-corrected chi connectivity index (χ0v) is 11.3. The molecule has 0 aliphatic carbocycles. The van der Waals surface area contributed by atoms with Gasteiger partial charge in [-0.25, -0.2) is 4.39 Å². The molecule has 0 radical (unpaired) electrons. The highest BCUT2D eigenvalue weighted by atomic mass is 19.4. The quantitative estimate of drug-likeness (QED) is 0.681. The predicted octanol–water partition coefficient (Wildman–Crippen LogP) is 2.31. The molecule has 8 heteroatoms. The maximum atomic E-state index is 13.1. The Morgan fingerprint density at radius 1 is 1.29 bits per heavy atom. The molecule has 2 aromatic rings. The summed E-state index contributed by atoms with van der Waals surface area (Å²) in [6.45, 7) is 0.756. The van der Waals surface area contributed by atoms with Crippen LogP contribution >= 0.6 is 0 Å². The molecule has 0 amide bonds. The van der Waals surface area contributed by atoms with Crippen LogP contribution in [-0.2, 0) is 26.2 Å². The lowest BCUT2D eigenvalue weighted by Crippen LogP contribution is -2.19. The Balaban J connectivity index is 1.90. The fourth-order valence-corrected chi connectivity index (χ4v) is 1.87. The van der Waals surface area contributed by atoms with Crippen LogP contribution in [0.2, 0.25) is 0 Å². The van der Waals surface area contributed by atoms with Gasteiger partial charge in [0.15, 0.2) is 0 Å². The van der Waals surface area contributed by atoms with Crippen LogP contribution in [0.4, 0.5) is 17.6 Å². The minimum Gasteiger partial charge on any atom is -0.321 e. The van der Waals surface area contributed by atoms with Crippen molar-refractivity contribution in [1.29, 1.82) is 0 Å². The molecule has 0 aliphatic heterocycles. The first-order chi connectivity index (χ1) is 9.88. The van der Waals surface area contributed by atoms with Crippen molar-refractivity contribution >= 4 is 0 Å². The standard InChI is InChI=1S/C13H14F4N4/c1-21-8-19-20-12(21)4-5-18-7-9-2-3-11(14)10(6-9)13(15,16)17/h2-3,6,8,18H,4-5,7H2,1H3. The normalized spacial score (nSPS) is 11.9. The van der Waals surface area contributed by atoms with Gasteiger partial charge in [-0.05, 0) is 17.7 Å². The van der Waals surface area contributed by atoms with E-state index in [1.165, 1.54) is 6.07 Å². The lowest BCUT2D eigenvalue weighted by molar-refractivity contribution is -0.140. The molecule has 114 valence electrons. The molecule has 1 N–H and O–H groups in total. The molecule has 1 aromatic heterocycles. The van der Waals surface area contributed by atoms with Crippen LogP contribution in [0.15, 0.2) is 24.5 Å². The van der Waals surface area contributed by atoms with E-state index in [1.807, 2.05) is 7.05 Å². The molecule has 0 saturated heterocycles. The van der Waals surface area contributed by atoms with Gasteiger partial charge in [0.25, 0.3) is 0 Å². The van der Waals surface area contributed by atoms with Crippen LogP contribution in [0.5, 0.6) is 0 Å². The first-order valence-corrected chi connectivity index (χ1v) is 6.27. The van der Waals surface area contributed by atoms with Crippen molar-refractivity contribution in [2.75, 3.05) is 6.54 Å². The maximum absolute atomic E-state index is 13.1. The van der Waals surface area contributed by atoms with E-state index in [0.717, 1.165) is 18.0 Å². The minimum atomic E-state index is -4.68. The molecule has 0 bridgehead atoms. The third-order valence-electron chi connectivity index (χ3n) is 3.00. The number of hydrogen-bond acceptors (Lipinski definition) is 3. The summed E-state index contributed by atoms with van der Waals surface area (Å²) >= 11 is 0. The van der Waals surface area contributed by atoms with E-state index in [4.69, 9.17) is 0 Å². The average molecular weight is 302 g/mol. The molecule has 0 fully saturated rings. The summed E-state index contributed by atoms with van der Waals surface area (Å²) in [4.78, 5) is 0. The van der Waals surface area contributed by atoms with Crippen LogP contribution < -0.4 is 5.32 Å². The van der Waals surface area contributed by atoms with Gasteiger partial charge in [-0.1, -0.05) is 6.07 Å². The third-order valence-corrected chi connectivity index (χ3v) is 3.00. The van der Waals surface area contributed by atoms with Gasteiger partial charge < -0.3 is 9.88 Å². The minimum absolute atomic E-state index is 0.223. The van der Waals surface area contributed by atoms with Gasteiger partial charge in [0, 0.05) is 26.6 Å². The van der Waals surface area contributed by atoms with Gasteiger partial charge in [-0.2, -0.15) is 13.2 Å². The zero-order chi connectivity index (χ0) is 15.5. The van der Waals surface area contributed by atoms with E-state index in [-0.39, 0.29) is 6.54 Å². The number of rotatable bonds is 5. The second-order valence-corrected chi connectivity index (χ2v) is 4.60. The largest absolute Gasteiger partial charge is 0.419 e. The summed E-state index contributed by atoms with van der Waals surface area (Å²) in [5, 5.41) is 10.6. The SMILES string of the molecule is Cn1cnnc1CCNCc1ccc(F)c(C(F)(F)F)c1. The summed E-state index contributed by atoms with van der Waals surface area (Å²) in [7, 11) is 1.81. The van der Waals surface area contributed by atoms with Gasteiger partial charge in [0.05, 0.1) is 5.56 Å². The number of aryl methyl sites for hydroxylation is 1. The molecular weight excluding hydrogens is 288 g/mol. The molecule has 21 heavy (non-hydrogen) atoms. The smallest absolute Gasteiger partial charge is 0.321 e. The molecule has 0 spiro atoms. The first-order valence-electron chi connectivity index (χ1n) is 6.27. The van der Waals surface area contributed by atoms with E-state index in [2.05, 4.69) is 15.5 Å². The van der Waals surface area contributed by atoms with Crippen molar-refractivity contribution in [3.63, 3.8) is 0 Å². The van der Waals surface area contributed by atoms with E-state index in [0.29, 0.717) is 18.5 Å². The number of aromatic nitrogens is 3. The highest BCUT2D eigenvalue weighted by Gasteiger charge is 2.34. The Kier molecular flexibility index (Phi) is 4.56. The topological polar surface area (TPSA) is 42.7 Å². The number of hydrogen-bond donors (Lipinski definition) is 1. The fraction of sp³-hybridized carbons (Fsp3) is 0.385. The van der Waals surface area contributed by atoms with E-state index >= 15 is 0 Å². The lowest BCUT2D eigenvalue weighted by Gasteiger charge is -2.10. The number of alkyl halides is 3. The van der Waals surface area contributed by atoms with Gasteiger partial charge in [-0.15, -0.1) is 10.2 Å². The van der Waals surface area contributed by atoms with Crippen LogP contribution in [0, 0.1) is 5.82 Å². The fourth-order valence-electron chi connectivity index (χ4n) is 1.87. The van der Waals surface area contributed by atoms with Crippen molar-refractivity contribution in [1.82, 2.24) is 20.1 Å². The van der Waals surface area contributed by atoms with Crippen molar-refractivity contribution in [3.05, 3.63) is 47.3 Å². The highest BCUT2D eigenvalue weighted by Crippen LogP contribution is 2.31. The summed E-state index contributed by atoms with van der Waals surface area (Å²) in [5.74, 6) is -0.483. The van der Waals surface area contributed by atoms with Crippen LogP contribution in [0.25, 0.3) is 0 Å². The van der Waals surface area contributed by atoms with Crippen molar-refractivity contribution in [2.45, 2.75) is 19.1 Å². The predicted molar refractivity (Wildman–Crippen MR) is 67.8 cm³/mol. The van der Waals surface area contributed by atoms with Gasteiger partial charge in [0.1, 0.15) is 18.0 Å². The Morgan fingerprint density at radius 2 is 2.05 bits per heavy atom. The number of benzene rings is 1. The number of nitrogens with zero attached hydrogens (tertiary/aromatic N) is 3. The van der Waals surface area contributed by atoms with Crippen molar-refractivity contribution in [2.24, 2.45) is 7.05 Å². The average Bonchev–Trinajstić information content (AvgIpc) is 2.81. The van der Waals surface area contributed by atoms with Crippen LogP contribution in [-0.4, -0.2) is 21.3 Å². The van der Waals surface area contributed by atoms with Gasteiger partial charge in [-0.3, -0.25) is 0 Å². The number of nitrogens with one attached hydrogen (secondary N) is 1.